The Hall–Kier alpha value is -3.93. The summed E-state index contributed by atoms with van der Waals surface area (Å²) in [5, 5.41) is 6.26. The third-order valence-corrected chi connectivity index (χ3v) is 7.52. The van der Waals surface area contributed by atoms with Crippen LogP contribution in [0.2, 0.25) is 0 Å². The number of nitrogens with one attached hydrogen (secondary N) is 2. The lowest BCUT2D eigenvalue weighted by Crippen LogP contribution is -2.52. The van der Waals surface area contributed by atoms with Crippen molar-refractivity contribution in [1.29, 1.82) is 0 Å². The quantitative estimate of drug-likeness (QED) is 0.710. The second kappa shape index (κ2) is 8.69. The van der Waals surface area contributed by atoms with Crippen molar-refractivity contribution in [3.63, 3.8) is 0 Å². The molecule has 176 valence electrons. The summed E-state index contributed by atoms with van der Waals surface area (Å²) in [5.74, 6) is -0.147. The van der Waals surface area contributed by atoms with Crippen LogP contribution in [0.15, 0.2) is 76.3 Å². The standard InChI is InChI=1S/C29H28N4O2/c1-30-28(34)27-13-26-22(11-18-5-2-3-7-24(18)26)17-33(27)29(35)25-8-4-6-20(25)16-32-23-10-9-19-14-31-15-21(19)12-23/h2-7,9-10,12,14,27,32H,8,11,13,15-17H2,1H3,(H,30,34)/t27-/m1/s1. The van der Waals surface area contributed by atoms with Gasteiger partial charge in [0.2, 0.25) is 5.91 Å². The molecule has 2 aromatic rings. The highest BCUT2D eigenvalue weighted by molar-refractivity contribution is 6.00. The molecular weight excluding hydrogens is 436 g/mol. The SMILES string of the molecule is CNC(=O)[C@H]1CC2=C(Cc3ccccc32)CN1C(=O)C1=C(CNc2ccc3c(c2)CN=C3)C=CC1. The van der Waals surface area contributed by atoms with E-state index in [1.807, 2.05) is 24.4 Å². The summed E-state index contributed by atoms with van der Waals surface area (Å²) in [7, 11) is 1.64. The van der Waals surface area contributed by atoms with Gasteiger partial charge in [0, 0.05) is 44.0 Å². The number of allylic oxidation sites excluding steroid dienone is 1. The predicted octanol–water partition coefficient (Wildman–Crippen LogP) is 3.64. The van der Waals surface area contributed by atoms with Gasteiger partial charge in [0.1, 0.15) is 6.04 Å². The van der Waals surface area contributed by atoms with Crippen molar-refractivity contribution in [2.24, 2.45) is 4.99 Å². The zero-order valence-corrected chi connectivity index (χ0v) is 19.8. The van der Waals surface area contributed by atoms with Crippen LogP contribution in [0.5, 0.6) is 0 Å². The largest absolute Gasteiger partial charge is 0.381 e. The maximum absolute atomic E-state index is 13.8. The van der Waals surface area contributed by atoms with E-state index in [9.17, 15) is 9.59 Å². The average molecular weight is 465 g/mol. The molecule has 6 nitrogen and oxygen atoms in total. The molecule has 0 saturated carbocycles. The number of anilines is 1. The van der Waals surface area contributed by atoms with Crippen LogP contribution in [0, 0.1) is 0 Å². The molecular formula is C29H28N4O2. The minimum atomic E-state index is -0.503. The van der Waals surface area contributed by atoms with Crippen molar-refractivity contribution >= 4 is 29.3 Å². The molecule has 6 heteroatoms. The van der Waals surface area contributed by atoms with Gasteiger partial charge in [-0.3, -0.25) is 14.6 Å². The first-order chi connectivity index (χ1) is 17.1. The number of hydrogen-bond acceptors (Lipinski definition) is 4. The van der Waals surface area contributed by atoms with Crippen molar-refractivity contribution in [2.45, 2.75) is 31.8 Å². The number of aliphatic imine (C=N–C) groups is 1. The number of carbonyl (C=O) groups excluding carboxylic acids is 2. The predicted molar refractivity (Wildman–Crippen MR) is 138 cm³/mol. The zero-order chi connectivity index (χ0) is 23.9. The van der Waals surface area contributed by atoms with E-state index in [0.717, 1.165) is 29.8 Å². The number of hydrogen-bond donors (Lipinski definition) is 2. The minimum Gasteiger partial charge on any atom is -0.381 e. The van der Waals surface area contributed by atoms with Gasteiger partial charge in [0.15, 0.2) is 0 Å². The summed E-state index contributed by atoms with van der Waals surface area (Å²) in [6.45, 7) is 1.78. The van der Waals surface area contributed by atoms with Crippen molar-refractivity contribution in [3.05, 3.63) is 93.6 Å². The highest BCUT2D eigenvalue weighted by Gasteiger charge is 2.39. The van der Waals surface area contributed by atoms with Gasteiger partial charge >= 0.3 is 0 Å². The Morgan fingerprint density at radius 2 is 2.03 bits per heavy atom. The van der Waals surface area contributed by atoms with Gasteiger partial charge in [-0.2, -0.15) is 0 Å². The summed E-state index contributed by atoms with van der Waals surface area (Å²) >= 11 is 0. The first-order valence-electron chi connectivity index (χ1n) is 12.2. The number of benzene rings is 2. The highest BCUT2D eigenvalue weighted by atomic mass is 16.2. The number of carbonyl (C=O) groups is 2. The number of amides is 2. The number of likely N-dealkylation sites (N-methyl/N-ethyl adjacent to an activating group) is 1. The summed E-state index contributed by atoms with van der Waals surface area (Å²) in [4.78, 5) is 32.9. The average Bonchev–Trinajstić information content (AvgIpc) is 3.63. The number of nitrogens with zero attached hydrogens (tertiary/aromatic N) is 2. The fourth-order valence-electron chi connectivity index (χ4n) is 5.67. The van der Waals surface area contributed by atoms with Gasteiger partial charge in [-0.05, 0) is 63.9 Å². The Morgan fingerprint density at radius 1 is 1.14 bits per heavy atom. The van der Waals surface area contributed by atoms with Crippen molar-refractivity contribution in [3.8, 4) is 0 Å². The fraction of sp³-hybridized carbons (Fsp3) is 0.276. The molecule has 2 aliphatic heterocycles. The minimum absolute atomic E-state index is 0.0368. The van der Waals surface area contributed by atoms with Gasteiger partial charge in [-0.25, -0.2) is 0 Å². The number of fused-ring (bicyclic) bond motifs is 3. The normalized spacial score (nSPS) is 19.7. The Morgan fingerprint density at radius 3 is 2.91 bits per heavy atom. The molecule has 2 N–H and O–H groups in total. The second-order valence-corrected chi connectivity index (χ2v) is 9.53. The molecule has 0 bridgehead atoms. The van der Waals surface area contributed by atoms with Crippen LogP contribution in [0.4, 0.5) is 5.69 Å². The molecule has 0 fully saturated rings. The Balaban J connectivity index is 1.24. The molecule has 0 saturated heterocycles. The zero-order valence-electron chi connectivity index (χ0n) is 19.8. The molecule has 2 aliphatic carbocycles. The molecule has 0 spiro atoms. The lowest BCUT2D eigenvalue weighted by atomic mass is 9.91. The van der Waals surface area contributed by atoms with E-state index in [1.54, 1.807) is 11.9 Å². The monoisotopic (exact) mass is 464 g/mol. The molecule has 0 radical (unpaired) electrons. The summed E-state index contributed by atoms with van der Waals surface area (Å²) in [6.07, 6.45) is 7.98. The van der Waals surface area contributed by atoms with Gasteiger partial charge in [0.05, 0.1) is 6.54 Å². The highest BCUT2D eigenvalue weighted by Crippen LogP contribution is 2.41. The van der Waals surface area contributed by atoms with Crippen LogP contribution in [0.3, 0.4) is 0 Å². The van der Waals surface area contributed by atoms with E-state index in [1.165, 1.54) is 33.4 Å². The third-order valence-electron chi connectivity index (χ3n) is 7.52. The molecule has 0 aromatic heterocycles. The molecule has 1 atom stereocenters. The first kappa shape index (κ1) is 21.6. The van der Waals surface area contributed by atoms with Crippen LogP contribution in [-0.2, 0) is 22.6 Å². The van der Waals surface area contributed by atoms with Crippen LogP contribution in [0.25, 0.3) is 5.57 Å². The van der Waals surface area contributed by atoms with Gasteiger partial charge in [-0.1, -0.05) is 42.5 Å². The lowest BCUT2D eigenvalue weighted by molar-refractivity contribution is -0.137. The van der Waals surface area contributed by atoms with Crippen LogP contribution in [0.1, 0.15) is 35.1 Å². The molecule has 35 heavy (non-hydrogen) atoms. The summed E-state index contributed by atoms with van der Waals surface area (Å²) in [6, 6.07) is 14.1. The smallest absolute Gasteiger partial charge is 0.251 e. The van der Waals surface area contributed by atoms with E-state index >= 15 is 0 Å². The lowest BCUT2D eigenvalue weighted by Gasteiger charge is -2.36. The molecule has 0 unspecified atom stereocenters. The van der Waals surface area contributed by atoms with Crippen LogP contribution in [-0.4, -0.2) is 49.1 Å². The molecule has 2 amide bonds. The van der Waals surface area contributed by atoms with Gasteiger partial charge in [-0.15, -0.1) is 0 Å². The Kier molecular flexibility index (Phi) is 5.36. The van der Waals surface area contributed by atoms with Crippen molar-refractivity contribution < 1.29 is 9.59 Å². The van der Waals surface area contributed by atoms with E-state index in [-0.39, 0.29) is 11.8 Å². The molecule has 6 rings (SSSR count). The Bertz CT molecular complexity index is 1360. The summed E-state index contributed by atoms with van der Waals surface area (Å²) < 4.78 is 0. The molecule has 2 heterocycles. The van der Waals surface area contributed by atoms with Crippen LogP contribution >= 0.6 is 0 Å². The molecule has 2 aromatic carbocycles. The maximum Gasteiger partial charge on any atom is 0.251 e. The molecule has 4 aliphatic rings. The van der Waals surface area contributed by atoms with E-state index in [0.29, 0.717) is 25.9 Å². The summed E-state index contributed by atoms with van der Waals surface area (Å²) in [5.41, 5.74) is 10.2. The second-order valence-electron chi connectivity index (χ2n) is 9.53. The van der Waals surface area contributed by atoms with E-state index < -0.39 is 6.04 Å². The van der Waals surface area contributed by atoms with Crippen molar-refractivity contribution in [2.75, 3.05) is 25.5 Å². The van der Waals surface area contributed by atoms with E-state index in [2.05, 4.69) is 52.0 Å². The van der Waals surface area contributed by atoms with Gasteiger partial charge in [0.25, 0.3) is 5.91 Å². The van der Waals surface area contributed by atoms with E-state index in [4.69, 9.17) is 0 Å². The Labute approximate surface area is 205 Å². The maximum atomic E-state index is 13.8. The number of rotatable bonds is 5. The first-order valence-corrected chi connectivity index (χ1v) is 12.2. The van der Waals surface area contributed by atoms with Crippen LogP contribution < -0.4 is 10.6 Å². The topological polar surface area (TPSA) is 73.8 Å². The fourth-order valence-corrected chi connectivity index (χ4v) is 5.67. The van der Waals surface area contributed by atoms with Gasteiger partial charge < -0.3 is 15.5 Å². The third kappa shape index (κ3) is 3.79. The van der Waals surface area contributed by atoms with Crippen molar-refractivity contribution in [1.82, 2.24) is 10.2 Å².